The smallest absolute Gasteiger partial charge is 0.262 e. The van der Waals surface area contributed by atoms with E-state index in [9.17, 15) is 9.59 Å². The second kappa shape index (κ2) is 5.57. The van der Waals surface area contributed by atoms with Gasteiger partial charge in [-0.25, -0.2) is 0 Å². The van der Waals surface area contributed by atoms with E-state index in [1.54, 1.807) is 18.2 Å². The van der Waals surface area contributed by atoms with Crippen molar-refractivity contribution in [3.8, 4) is 5.75 Å². The average Bonchev–Trinajstić information content (AvgIpc) is 2.94. The van der Waals surface area contributed by atoms with Gasteiger partial charge in [0.15, 0.2) is 6.61 Å². The molecule has 0 aromatic heterocycles. The molecule has 1 aliphatic carbocycles. The van der Waals surface area contributed by atoms with Gasteiger partial charge in [0.25, 0.3) is 11.8 Å². The van der Waals surface area contributed by atoms with Crippen LogP contribution in [0.2, 0.25) is 0 Å². The highest BCUT2D eigenvalue weighted by molar-refractivity contribution is 6.00. The van der Waals surface area contributed by atoms with Crippen molar-refractivity contribution in [1.29, 1.82) is 0 Å². The van der Waals surface area contributed by atoms with Gasteiger partial charge in [0.05, 0.1) is 5.69 Å². The minimum Gasteiger partial charge on any atom is -0.482 e. The summed E-state index contributed by atoms with van der Waals surface area (Å²) in [7, 11) is 0. The van der Waals surface area contributed by atoms with Gasteiger partial charge in [0.1, 0.15) is 5.75 Å². The molecule has 3 N–H and O–H groups in total. The van der Waals surface area contributed by atoms with Crippen LogP contribution in [0.25, 0.3) is 0 Å². The summed E-state index contributed by atoms with van der Waals surface area (Å²) in [6, 6.07) is 4.86. The summed E-state index contributed by atoms with van der Waals surface area (Å²) in [5, 5.41) is 14.6. The molecule has 2 atom stereocenters. The van der Waals surface area contributed by atoms with Gasteiger partial charge in [-0.05, 0) is 24.6 Å². The van der Waals surface area contributed by atoms with Crippen LogP contribution in [0, 0.1) is 5.92 Å². The Kier molecular flexibility index (Phi) is 3.62. The summed E-state index contributed by atoms with van der Waals surface area (Å²) in [4.78, 5) is 23.5. The number of ether oxygens (including phenoxy) is 1. The van der Waals surface area contributed by atoms with Crippen molar-refractivity contribution in [2.45, 2.75) is 12.5 Å². The zero-order valence-corrected chi connectivity index (χ0v) is 11.3. The fourth-order valence-corrected chi connectivity index (χ4v) is 2.49. The van der Waals surface area contributed by atoms with E-state index in [-0.39, 0.29) is 37.0 Å². The van der Waals surface area contributed by atoms with Crippen LogP contribution in [-0.4, -0.2) is 36.2 Å². The van der Waals surface area contributed by atoms with E-state index in [1.165, 1.54) is 0 Å². The number of hydrogen-bond acceptors (Lipinski definition) is 4. The van der Waals surface area contributed by atoms with Crippen molar-refractivity contribution < 1.29 is 19.4 Å². The lowest BCUT2D eigenvalue weighted by Gasteiger charge is -2.19. The predicted molar refractivity (Wildman–Crippen MR) is 76.2 cm³/mol. The maximum Gasteiger partial charge on any atom is 0.262 e. The maximum atomic E-state index is 12.2. The van der Waals surface area contributed by atoms with E-state index in [0.29, 0.717) is 23.4 Å². The van der Waals surface area contributed by atoms with Crippen LogP contribution < -0.4 is 15.4 Å². The van der Waals surface area contributed by atoms with E-state index in [2.05, 4.69) is 10.6 Å². The van der Waals surface area contributed by atoms with Gasteiger partial charge in [-0.2, -0.15) is 0 Å². The van der Waals surface area contributed by atoms with Crippen LogP contribution >= 0.6 is 0 Å². The Morgan fingerprint density at radius 1 is 1.43 bits per heavy atom. The van der Waals surface area contributed by atoms with Crippen LogP contribution in [0.15, 0.2) is 30.4 Å². The van der Waals surface area contributed by atoms with Gasteiger partial charge in [-0.15, -0.1) is 0 Å². The highest BCUT2D eigenvalue weighted by Crippen LogP contribution is 2.28. The third kappa shape index (κ3) is 2.90. The normalized spacial score (nSPS) is 23.2. The SMILES string of the molecule is O=C1COc2ccc(C(=O)N[C@@H]3C=C[C@H](CO)C3)cc2N1. The monoisotopic (exact) mass is 288 g/mol. The van der Waals surface area contributed by atoms with E-state index in [4.69, 9.17) is 9.84 Å². The van der Waals surface area contributed by atoms with Crippen molar-refractivity contribution in [3.05, 3.63) is 35.9 Å². The molecule has 1 aromatic carbocycles. The first-order chi connectivity index (χ1) is 10.2. The number of fused-ring (bicyclic) bond motifs is 1. The fourth-order valence-electron chi connectivity index (χ4n) is 2.49. The standard InChI is InChI=1S/C15H16N2O4/c18-7-9-1-3-11(5-9)16-15(20)10-2-4-13-12(6-10)17-14(19)8-21-13/h1-4,6,9,11,18H,5,7-8H2,(H,16,20)(H,17,19)/t9-,11+/m0/s1. The number of aliphatic hydroxyl groups is 1. The first-order valence-electron chi connectivity index (χ1n) is 6.82. The molecule has 1 aromatic rings. The summed E-state index contributed by atoms with van der Waals surface area (Å²) in [5.74, 6) is 0.217. The molecule has 21 heavy (non-hydrogen) atoms. The Bertz CT molecular complexity index is 612. The number of rotatable bonds is 3. The minimum absolute atomic E-state index is 0.00599. The zero-order chi connectivity index (χ0) is 14.8. The fraction of sp³-hybridized carbons (Fsp3) is 0.333. The zero-order valence-electron chi connectivity index (χ0n) is 11.3. The summed E-state index contributed by atoms with van der Waals surface area (Å²) in [6.45, 7) is 0.0824. The lowest BCUT2D eigenvalue weighted by Crippen LogP contribution is -2.33. The van der Waals surface area contributed by atoms with Gasteiger partial charge in [-0.1, -0.05) is 12.2 Å². The van der Waals surface area contributed by atoms with Crippen LogP contribution in [0.4, 0.5) is 5.69 Å². The topological polar surface area (TPSA) is 87.7 Å². The number of hydrogen-bond donors (Lipinski definition) is 3. The number of anilines is 1. The number of amides is 2. The minimum atomic E-state index is -0.232. The van der Waals surface area contributed by atoms with Crippen molar-refractivity contribution in [1.82, 2.24) is 5.32 Å². The Balaban J connectivity index is 1.69. The largest absolute Gasteiger partial charge is 0.482 e. The number of nitrogens with one attached hydrogen (secondary N) is 2. The predicted octanol–water partition coefficient (Wildman–Crippen LogP) is 0.684. The molecule has 3 rings (SSSR count). The quantitative estimate of drug-likeness (QED) is 0.714. The first-order valence-corrected chi connectivity index (χ1v) is 6.82. The van der Waals surface area contributed by atoms with Crippen LogP contribution in [-0.2, 0) is 4.79 Å². The summed E-state index contributed by atoms with van der Waals surface area (Å²) >= 11 is 0. The Morgan fingerprint density at radius 3 is 3.05 bits per heavy atom. The van der Waals surface area contributed by atoms with Crippen LogP contribution in [0.3, 0.4) is 0 Å². The Morgan fingerprint density at radius 2 is 2.29 bits per heavy atom. The second-order valence-corrected chi connectivity index (χ2v) is 5.19. The van der Waals surface area contributed by atoms with E-state index in [1.807, 2.05) is 12.2 Å². The molecule has 6 nitrogen and oxygen atoms in total. The van der Waals surface area contributed by atoms with Crippen molar-refractivity contribution in [2.24, 2.45) is 5.92 Å². The van der Waals surface area contributed by atoms with E-state index in [0.717, 1.165) is 0 Å². The lowest BCUT2D eigenvalue weighted by molar-refractivity contribution is -0.118. The van der Waals surface area contributed by atoms with Gasteiger partial charge in [0, 0.05) is 24.1 Å². The highest BCUT2D eigenvalue weighted by Gasteiger charge is 2.22. The molecule has 0 radical (unpaired) electrons. The summed E-state index contributed by atoms with van der Waals surface area (Å²) in [5.41, 5.74) is 0.967. The molecule has 0 saturated carbocycles. The molecule has 110 valence electrons. The van der Waals surface area contributed by atoms with Crippen molar-refractivity contribution in [3.63, 3.8) is 0 Å². The molecule has 0 spiro atoms. The third-order valence-corrected chi connectivity index (χ3v) is 3.60. The first kappa shape index (κ1) is 13.6. The summed E-state index contributed by atoms with van der Waals surface area (Å²) in [6.07, 6.45) is 4.50. The van der Waals surface area contributed by atoms with Gasteiger partial charge >= 0.3 is 0 Å². The van der Waals surface area contributed by atoms with E-state index >= 15 is 0 Å². The van der Waals surface area contributed by atoms with Gasteiger partial charge < -0.3 is 20.5 Å². The number of benzene rings is 1. The number of carbonyl (C=O) groups is 2. The molecule has 2 amide bonds. The molecule has 0 fully saturated rings. The Hall–Kier alpha value is -2.34. The molecule has 0 unspecified atom stereocenters. The second-order valence-electron chi connectivity index (χ2n) is 5.19. The highest BCUT2D eigenvalue weighted by atomic mass is 16.5. The van der Waals surface area contributed by atoms with Gasteiger partial charge in [0.2, 0.25) is 0 Å². The van der Waals surface area contributed by atoms with Crippen molar-refractivity contribution in [2.75, 3.05) is 18.5 Å². The maximum absolute atomic E-state index is 12.2. The molecular formula is C15H16N2O4. The van der Waals surface area contributed by atoms with Crippen molar-refractivity contribution >= 4 is 17.5 Å². The van der Waals surface area contributed by atoms with Gasteiger partial charge in [-0.3, -0.25) is 9.59 Å². The number of carbonyl (C=O) groups excluding carboxylic acids is 2. The molecule has 1 aliphatic heterocycles. The van der Waals surface area contributed by atoms with Crippen LogP contribution in [0.5, 0.6) is 5.75 Å². The van der Waals surface area contributed by atoms with Crippen LogP contribution in [0.1, 0.15) is 16.8 Å². The molecule has 0 bridgehead atoms. The summed E-state index contributed by atoms with van der Waals surface area (Å²) < 4.78 is 5.25. The average molecular weight is 288 g/mol. The molecular weight excluding hydrogens is 272 g/mol. The molecule has 1 heterocycles. The Labute approximate surface area is 121 Å². The van der Waals surface area contributed by atoms with E-state index < -0.39 is 0 Å². The number of aliphatic hydroxyl groups excluding tert-OH is 1. The molecule has 6 heteroatoms. The third-order valence-electron chi connectivity index (χ3n) is 3.60. The molecule has 0 saturated heterocycles. The lowest BCUT2D eigenvalue weighted by atomic mass is 10.1. The molecule has 2 aliphatic rings.